The third-order valence-electron chi connectivity index (χ3n) is 4.75. The molecular weight excluding hydrogens is 248 g/mol. The van der Waals surface area contributed by atoms with Gasteiger partial charge in [0.25, 0.3) is 0 Å². The lowest BCUT2D eigenvalue weighted by Gasteiger charge is -2.41. The fraction of sp³-hybridized carbons (Fsp3) is 0.647. The van der Waals surface area contributed by atoms with Crippen LogP contribution in [0.4, 0.5) is 0 Å². The second kappa shape index (κ2) is 6.15. The van der Waals surface area contributed by atoms with Gasteiger partial charge >= 0.3 is 0 Å². The van der Waals surface area contributed by atoms with Crippen LogP contribution in [-0.4, -0.2) is 31.1 Å². The van der Waals surface area contributed by atoms with Crippen LogP contribution in [0.3, 0.4) is 0 Å². The monoisotopic (exact) mass is 276 g/mol. The summed E-state index contributed by atoms with van der Waals surface area (Å²) < 4.78 is 5.20. The molecule has 112 valence electrons. The molecule has 0 bridgehead atoms. The first-order chi connectivity index (χ1) is 9.43. The highest BCUT2D eigenvalue weighted by molar-refractivity contribution is 5.29. The second-order valence-corrected chi connectivity index (χ2v) is 6.74. The van der Waals surface area contributed by atoms with Crippen LogP contribution in [0.5, 0.6) is 5.75 Å². The highest BCUT2D eigenvalue weighted by Crippen LogP contribution is 2.32. The van der Waals surface area contributed by atoms with Crippen LogP contribution >= 0.6 is 0 Å². The van der Waals surface area contributed by atoms with Gasteiger partial charge in [-0.25, -0.2) is 0 Å². The van der Waals surface area contributed by atoms with E-state index in [0.29, 0.717) is 11.5 Å². The lowest BCUT2D eigenvalue weighted by atomic mass is 9.82. The van der Waals surface area contributed by atoms with Crippen LogP contribution in [0, 0.1) is 5.41 Å². The maximum absolute atomic E-state index is 6.45. The van der Waals surface area contributed by atoms with Crippen molar-refractivity contribution in [2.24, 2.45) is 11.1 Å². The summed E-state index contributed by atoms with van der Waals surface area (Å²) in [6.07, 6.45) is 2.51. The van der Waals surface area contributed by atoms with Crippen LogP contribution in [0.2, 0.25) is 0 Å². The molecule has 2 N–H and O–H groups in total. The van der Waals surface area contributed by atoms with Crippen molar-refractivity contribution in [2.75, 3.05) is 20.2 Å². The summed E-state index contributed by atoms with van der Waals surface area (Å²) in [5, 5.41) is 0. The minimum absolute atomic E-state index is 0.0575. The highest BCUT2D eigenvalue weighted by Gasteiger charge is 2.30. The zero-order valence-electron chi connectivity index (χ0n) is 13.2. The fourth-order valence-corrected chi connectivity index (χ4v) is 2.87. The first kappa shape index (κ1) is 15.3. The third-order valence-corrected chi connectivity index (χ3v) is 4.75. The summed E-state index contributed by atoms with van der Waals surface area (Å²) in [4.78, 5) is 2.53. The van der Waals surface area contributed by atoms with Gasteiger partial charge in [-0.2, -0.15) is 0 Å². The number of likely N-dealkylation sites (tertiary alicyclic amines) is 1. The summed E-state index contributed by atoms with van der Waals surface area (Å²) in [6.45, 7) is 9.26. The van der Waals surface area contributed by atoms with Crippen LogP contribution in [0.1, 0.15) is 45.2 Å². The average molecular weight is 276 g/mol. The van der Waals surface area contributed by atoms with E-state index in [2.05, 4.69) is 37.8 Å². The molecule has 1 aliphatic heterocycles. The molecule has 0 spiro atoms. The van der Waals surface area contributed by atoms with E-state index in [0.717, 1.165) is 18.8 Å². The van der Waals surface area contributed by atoms with Crippen molar-refractivity contribution in [1.82, 2.24) is 4.90 Å². The number of piperidine rings is 1. The standard InChI is InChI=1S/C17H28N2O/c1-13(19-11-9-17(2,3)10-12-19)16(18)14-5-7-15(20-4)8-6-14/h5-8,13,16H,9-12,18H2,1-4H3. The molecule has 3 nitrogen and oxygen atoms in total. The zero-order chi connectivity index (χ0) is 14.8. The maximum atomic E-state index is 6.45. The molecule has 0 aliphatic carbocycles. The van der Waals surface area contributed by atoms with Crippen molar-refractivity contribution >= 4 is 0 Å². The molecule has 1 heterocycles. The Bertz CT molecular complexity index is 417. The van der Waals surface area contributed by atoms with E-state index in [4.69, 9.17) is 10.5 Å². The molecule has 0 saturated carbocycles. The first-order valence-electron chi connectivity index (χ1n) is 7.56. The summed E-state index contributed by atoms with van der Waals surface area (Å²) in [5.74, 6) is 0.883. The topological polar surface area (TPSA) is 38.5 Å². The van der Waals surface area contributed by atoms with E-state index in [-0.39, 0.29) is 6.04 Å². The van der Waals surface area contributed by atoms with Gasteiger partial charge in [0, 0.05) is 12.1 Å². The molecule has 2 unspecified atom stereocenters. The first-order valence-corrected chi connectivity index (χ1v) is 7.56. The van der Waals surface area contributed by atoms with Crippen LogP contribution in [0.15, 0.2) is 24.3 Å². The largest absolute Gasteiger partial charge is 0.497 e. The van der Waals surface area contributed by atoms with E-state index >= 15 is 0 Å². The molecule has 2 rings (SSSR count). The molecule has 2 atom stereocenters. The Morgan fingerprint density at radius 3 is 2.20 bits per heavy atom. The molecule has 1 saturated heterocycles. The Labute approximate surface area is 123 Å². The number of hydrogen-bond acceptors (Lipinski definition) is 3. The molecule has 20 heavy (non-hydrogen) atoms. The summed E-state index contributed by atoms with van der Waals surface area (Å²) in [6, 6.07) is 8.56. The zero-order valence-corrected chi connectivity index (χ0v) is 13.2. The molecule has 1 aromatic rings. The van der Waals surface area contributed by atoms with Crippen molar-refractivity contribution in [3.05, 3.63) is 29.8 Å². The Balaban J connectivity index is 1.99. The number of rotatable bonds is 4. The van der Waals surface area contributed by atoms with Gasteiger partial charge in [-0.05, 0) is 56.0 Å². The van der Waals surface area contributed by atoms with Crippen molar-refractivity contribution in [2.45, 2.75) is 45.7 Å². The SMILES string of the molecule is COc1ccc(C(N)C(C)N2CCC(C)(C)CC2)cc1. The Morgan fingerprint density at radius 2 is 1.70 bits per heavy atom. The third kappa shape index (κ3) is 3.53. The quantitative estimate of drug-likeness (QED) is 0.917. The minimum atomic E-state index is 0.0575. The number of ether oxygens (including phenoxy) is 1. The lowest BCUT2D eigenvalue weighted by Crippen LogP contribution is -2.46. The highest BCUT2D eigenvalue weighted by atomic mass is 16.5. The predicted octanol–water partition coefficient (Wildman–Crippen LogP) is 3.21. The molecule has 0 aromatic heterocycles. The number of benzene rings is 1. The Kier molecular flexibility index (Phi) is 4.71. The Hall–Kier alpha value is -1.06. The van der Waals surface area contributed by atoms with Gasteiger partial charge < -0.3 is 10.5 Å². The van der Waals surface area contributed by atoms with Gasteiger partial charge in [0.05, 0.1) is 7.11 Å². The van der Waals surface area contributed by atoms with E-state index < -0.39 is 0 Å². The van der Waals surface area contributed by atoms with Gasteiger partial charge in [0.15, 0.2) is 0 Å². The Morgan fingerprint density at radius 1 is 1.15 bits per heavy atom. The molecule has 0 radical (unpaired) electrons. The van der Waals surface area contributed by atoms with Crippen LogP contribution in [-0.2, 0) is 0 Å². The van der Waals surface area contributed by atoms with Crippen molar-refractivity contribution < 1.29 is 4.74 Å². The van der Waals surface area contributed by atoms with Crippen LogP contribution in [0.25, 0.3) is 0 Å². The molecule has 1 fully saturated rings. The van der Waals surface area contributed by atoms with Crippen molar-refractivity contribution in [3.8, 4) is 5.75 Å². The normalized spacial score (nSPS) is 22.2. The summed E-state index contributed by atoms with van der Waals surface area (Å²) >= 11 is 0. The molecule has 3 heteroatoms. The van der Waals surface area contributed by atoms with Crippen molar-refractivity contribution in [3.63, 3.8) is 0 Å². The smallest absolute Gasteiger partial charge is 0.118 e. The molecule has 1 aromatic carbocycles. The molecule has 1 aliphatic rings. The van der Waals surface area contributed by atoms with Gasteiger partial charge in [-0.15, -0.1) is 0 Å². The predicted molar refractivity (Wildman–Crippen MR) is 84.0 cm³/mol. The molecule has 0 amide bonds. The fourth-order valence-electron chi connectivity index (χ4n) is 2.87. The number of hydrogen-bond donors (Lipinski definition) is 1. The van der Waals surface area contributed by atoms with E-state index in [1.54, 1.807) is 7.11 Å². The average Bonchev–Trinajstić information content (AvgIpc) is 2.46. The lowest BCUT2D eigenvalue weighted by molar-refractivity contribution is 0.0895. The van der Waals surface area contributed by atoms with Gasteiger partial charge in [-0.1, -0.05) is 26.0 Å². The summed E-state index contributed by atoms with van der Waals surface area (Å²) in [5.41, 5.74) is 8.12. The van der Waals surface area contributed by atoms with Gasteiger partial charge in [0.1, 0.15) is 5.75 Å². The maximum Gasteiger partial charge on any atom is 0.118 e. The van der Waals surface area contributed by atoms with Gasteiger partial charge in [0.2, 0.25) is 0 Å². The van der Waals surface area contributed by atoms with Gasteiger partial charge in [-0.3, -0.25) is 4.90 Å². The number of nitrogens with two attached hydrogens (primary N) is 1. The number of nitrogens with zero attached hydrogens (tertiary/aromatic N) is 1. The van der Waals surface area contributed by atoms with E-state index in [1.165, 1.54) is 18.4 Å². The van der Waals surface area contributed by atoms with E-state index in [9.17, 15) is 0 Å². The number of methoxy groups -OCH3 is 1. The second-order valence-electron chi connectivity index (χ2n) is 6.74. The van der Waals surface area contributed by atoms with E-state index in [1.807, 2.05) is 12.1 Å². The van der Waals surface area contributed by atoms with Crippen LogP contribution < -0.4 is 10.5 Å². The minimum Gasteiger partial charge on any atom is -0.497 e. The molecular formula is C17H28N2O. The summed E-state index contributed by atoms with van der Waals surface area (Å²) in [7, 11) is 1.69. The van der Waals surface area contributed by atoms with Crippen molar-refractivity contribution in [1.29, 1.82) is 0 Å².